The van der Waals surface area contributed by atoms with Gasteiger partial charge in [-0.1, -0.05) is 37.3 Å². The quantitative estimate of drug-likeness (QED) is 0.815. The number of rotatable bonds is 4. The van der Waals surface area contributed by atoms with Crippen molar-refractivity contribution in [1.29, 1.82) is 0 Å². The Morgan fingerprint density at radius 2 is 1.75 bits per heavy atom. The van der Waals surface area contributed by atoms with Crippen LogP contribution >= 0.6 is 0 Å². The summed E-state index contributed by atoms with van der Waals surface area (Å²) >= 11 is 0. The third-order valence-corrected chi connectivity index (χ3v) is 3.71. The number of hydrogen-bond donors (Lipinski definition) is 1. The van der Waals surface area contributed by atoms with Gasteiger partial charge in [-0.15, -0.1) is 0 Å². The van der Waals surface area contributed by atoms with E-state index in [0.717, 1.165) is 18.5 Å². The lowest BCUT2D eigenvalue weighted by Gasteiger charge is -2.29. The maximum Gasteiger partial charge on any atom is 0.00671 e. The molecule has 0 spiro atoms. The lowest BCUT2D eigenvalue weighted by Crippen LogP contribution is -2.33. The Bertz CT molecular complexity index is 286. The standard InChI is InChI=1S/C15H23N/c1-2-16-15-10-8-14(9-11-15)12-13-6-4-3-5-7-13/h3-7,14-16H,2,8-12H2,1H3. The summed E-state index contributed by atoms with van der Waals surface area (Å²) in [6.07, 6.45) is 6.80. The van der Waals surface area contributed by atoms with Crippen LogP contribution in [0.4, 0.5) is 0 Å². The minimum Gasteiger partial charge on any atom is -0.314 e. The Balaban J connectivity index is 1.77. The molecule has 0 aliphatic heterocycles. The highest BCUT2D eigenvalue weighted by molar-refractivity contribution is 5.15. The molecule has 1 aliphatic carbocycles. The largest absolute Gasteiger partial charge is 0.314 e. The molecule has 88 valence electrons. The number of hydrogen-bond acceptors (Lipinski definition) is 1. The third kappa shape index (κ3) is 3.34. The Hall–Kier alpha value is -0.820. The van der Waals surface area contributed by atoms with Crippen LogP contribution in [-0.4, -0.2) is 12.6 Å². The second-order valence-electron chi connectivity index (χ2n) is 4.97. The molecule has 0 heterocycles. The van der Waals surface area contributed by atoms with Gasteiger partial charge in [0.1, 0.15) is 0 Å². The van der Waals surface area contributed by atoms with E-state index in [0.29, 0.717) is 0 Å². The summed E-state index contributed by atoms with van der Waals surface area (Å²) in [6.45, 7) is 3.32. The van der Waals surface area contributed by atoms with Crippen molar-refractivity contribution in [2.75, 3.05) is 6.54 Å². The Morgan fingerprint density at radius 3 is 2.38 bits per heavy atom. The number of nitrogens with one attached hydrogen (secondary N) is 1. The first-order valence-corrected chi connectivity index (χ1v) is 6.65. The molecular formula is C15H23N. The lowest BCUT2D eigenvalue weighted by atomic mass is 9.82. The summed E-state index contributed by atoms with van der Waals surface area (Å²) in [5.74, 6) is 0.914. The first kappa shape index (κ1) is 11.7. The molecule has 0 radical (unpaired) electrons. The van der Waals surface area contributed by atoms with Gasteiger partial charge in [0.05, 0.1) is 0 Å². The van der Waals surface area contributed by atoms with E-state index in [1.54, 1.807) is 0 Å². The van der Waals surface area contributed by atoms with Gasteiger partial charge in [-0.3, -0.25) is 0 Å². The van der Waals surface area contributed by atoms with Gasteiger partial charge in [0.15, 0.2) is 0 Å². The molecule has 1 aromatic rings. The van der Waals surface area contributed by atoms with Gasteiger partial charge in [-0.2, -0.15) is 0 Å². The van der Waals surface area contributed by atoms with Crippen molar-refractivity contribution in [3.05, 3.63) is 35.9 Å². The predicted octanol–water partition coefficient (Wildman–Crippen LogP) is 3.40. The van der Waals surface area contributed by atoms with E-state index >= 15 is 0 Å². The summed E-state index contributed by atoms with van der Waals surface area (Å²) in [4.78, 5) is 0. The van der Waals surface area contributed by atoms with E-state index in [9.17, 15) is 0 Å². The molecule has 0 amide bonds. The summed E-state index contributed by atoms with van der Waals surface area (Å²) in [7, 11) is 0. The molecule has 0 saturated heterocycles. The molecule has 1 fully saturated rings. The zero-order valence-electron chi connectivity index (χ0n) is 10.3. The van der Waals surface area contributed by atoms with Gasteiger partial charge in [0, 0.05) is 6.04 Å². The molecule has 2 rings (SSSR count). The zero-order valence-corrected chi connectivity index (χ0v) is 10.3. The Morgan fingerprint density at radius 1 is 1.06 bits per heavy atom. The van der Waals surface area contributed by atoms with E-state index in [1.165, 1.54) is 37.7 Å². The highest BCUT2D eigenvalue weighted by atomic mass is 14.9. The highest BCUT2D eigenvalue weighted by Crippen LogP contribution is 2.27. The Kier molecular flexibility index (Phi) is 4.41. The lowest BCUT2D eigenvalue weighted by molar-refractivity contribution is 0.293. The van der Waals surface area contributed by atoms with Crippen LogP contribution in [0.1, 0.15) is 38.2 Å². The number of benzene rings is 1. The van der Waals surface area contributed by atoms with Crippen molar-refractivity contribution < 1.29 is 0 Å². The smallest absolute Gasteiger partial charge is 0.00671 e. The third-order valence-electron chi connectivity index (χ3n) is 3.71. The molecule has 0 unspecified atom stereocenters. The van der Waals surface area contributed by atoms with Crippen molar-refractivity contribution in [2.24, 2.45) is 5.92 Å². The van der Waals surface area contributed by atoms with Crippen molar-refractivity contribution in [3.8, 4) is 0 Å². The summed E-state index contributed by atoms with van der Waals surface area (Å²) in [5, 5.41) is 3.57. The first-order valence-electron chi connectivity index (χ1n) is 6.65. The van der Waals surface area contributed by atoms with Gasteiger partial charge >= 0.3 is 0 Å². The average Bonchev–Trinajstić information content (AvgIpc) is 2.33. The molecule has 0 aromatic heterocycles. The minimum atomic E-state index is 0.789. The van der Waals surface area contributed by atoms with Crippen molar-refractivity contribution in [2.45, 2.75) is 45.1 Å². The van der Waals surface area contributed by atoms with Crippen LogP contribution in [0.5, 0.6) is 0 Å². The average molecular weight is 217 g/mol. The molecule has 1 nitrogen and oxygen atoms in total. The fraction of sp³-hybridized carbons (Fsp3) is 0.600. The van der Waals surface area contributed by atoms with Crippen LogP contribution in [0.15, 0.2) is 30.3 Å². The van der Waals surface area contributed by atoms with Crippen LogP contribution < -0.4 is 5.32 Å². The molecule has 1 aromatic carbocycles. The summed E-state index contributed by atoms with van der Waals surface area (Å²) in [6, 6.07) is 11.7. The SMILES string of the molecule is CCNC1CCC(Cc2ccccc2)CC1. The maximum atomic E-state index is 3.57. The van der Waals surface area contributed by atoms with Crippen LogP contribution in [0.2, 0.25) is 0 Å². The second-order valence-corrected chi connectivity index (χ2v) is 4.97. The van der Waals surface area contributed by atoms with Crippen LogP contribution in [-0.2, 0) is 6.42 Å². The normalized spacial score (nSPS) is 25.6. The van der Waals surface area contributed by atoms with E-state index in [-0.39, 0.29) is 0 Å². The van der Waals surface area contributed by atoms with Crippen LogP contribution in [0.3, 0.4) is 0 Å². The first-order chi connectivity index (χ1) is 7.88. The predicted molar refractivity (Wildman–Crippen MR) is 69.6 cm³/mol. The Labute approximate surface area is 99.3 Å². The highest BCUT2D eigenvalue weighted by Gasteiger charge is 2.20. The van der Waals surface area contributed by atoms with E-state index in [4.69, 9.17) is 0 Å². The zero-order chi connectivity index (χ0) is 11.2. The van der Waals surface area contributed by atoms with Gasteiger partial charge in [-0.05, 0) is 50.1 Å². The van der Waals surface area contributed by atoms with Crippen molar-refractivity contribution >= 4 is 0 Å². The topological polar surface area (TPSA) is 12.0 Å². The minimum absolute atomic E-state index is 0.789. The fourth-order valence-electron chi connectivity index (χ4n) is 2.81. The van der Waals surface area contributed by atoms with Gasteiger partial charge in [0.25, 0.3) is 0 Å². The van der Waals surface area contributed by atoms with Crippen LogP contribution in [0, 0.1) is 5.92 Å². The van der Waals surface area contributed by atoms with Gasteiger partial charge in [-0.25, -0.2) is 0 Å². The molecule has 1 saturated carbocycles. The summed E-state index contributed by atoms with van der Waals surface area (Å²) < 4.78 is 0. The van der Waals surface area contributed by atoms with E-state index < -0.39 is 0 Å². The van der Waals surface area contributed by atoms with Gasteiger partial charge < -0.3 is 5.32 Å². The van der Waals surface area contributed by atoms with E-state index in [1.807, 2.05) is 0 Å². The molecule has 1 heteroatoms. The van der Waals surface area contributed by atoms with Crippen LogP contribution in [0.25, 0.3) is 0 Å². The summed E-state index contributed by atoms with van der Waals surface area (Å²) in [5.41, 5.74) is 1.51. The molecule has 1 aliphatic rings. The van der Waals surface area contributed by atoms with Gasteiger partial charge in [0.2, 0.25) is 0 Å². The fourth-order valence-corrected chi connectivity index (χ4v) is 2.81. The molecule has 0 bridgehead atoms. The molecular weight excluding hydrogens is 194 g/mol. The second kappa shape index (κ2) is 6.05. The monoisotopic (exact) mass is 217 g/mol. The van der Waals surface area contributed by atoms with E-state index in [2.05, 4.69) is 42.6 Å². The van der Waals surface area contributed by atoms with Crippen molar-refractivity contribution in [3.63, 3.8) is 0 Å². The maximum absolute atomic E-state index is 3.57. The van der Waals surface area contributed by atoms with Crippen molar-refractivity contribution in [1.82, 2.24) is 5.32 Å². The molecule has 16 heavy (non-hydrogen) atoms. The molecule has 1 N–H and O–H groups in total. The molecule has 0 atom stereocenters.